The van der Waals surface area contributed by atoms with E-state index in [4.69, 9.17) is 4.98 Å². The van der Waals surface area contributed by atoms with Crippen molar-refractivity contribution in [3.63, 3.8) is 0 Å². The van der Waals surface area contributed by atoms with Gasteiger partial charge in [-0.2, -0.15) is 0 Å². The maximum atomic E-state index is 5.24. The summed E-state index contributed by atoms with van der Waals surface area (Å²) >= 11 is 1.96. The molecule has 1 nitrogen and oxygen atoms in total. The molecule has 0 saturated carbocycles. The first-order chi connectivity index (χ1) is 28.7. The summed E-state index contributed by atoms with van der Waals surface area (Å²) in [6.45, 7) is 0. The van der Waals surface area contributed by atoms with E-state index in [1.54, 1.807) is 0 Å². The third-order valence-electron chi connectivity index (χ3n) is 12.3. The second-order valence-corrected chi connectivity index (χ2v) is 16.5. The summed E-state index contributed by atoms with van der Waals surface area (Å²) in [6, 6.07) is 77.7. The van der Waals surface area contributed by atoms with Gasteiger partial charge in [-0.25, -0.2) is 4.98 Å². The Morgan fingerprint density at radius 2 is 0.828 bits per heavy atom. The Morgan fingerprint density at radius 3 is 1.59 bits per heavy atom. The van der Waals surface area contributed by atoms with E-state index in [-0.39, 0.29) is 5.41 Å². The van der Waals surface area contributed by atoms with Crippen molar-refractivity contribution in [1.29, 1.82) is 0 Å². The maximum Gasteiger partial charge on any atom is 0.0819 e. The Bertz CT molecular complexity index is 3210. The van der Waals surface area contributed by atoms with Gasteiger partial charge in [-0.3, -0.25) is 0 Å². The molecule has 1 spiro atoms. The molecule has 0 N–H and O–H groups in total. The zero-order chi connectivity index (χ0) is 38.2. The molecule has 0 aliphatic heterocycles. The molecule has 270 valence electrons. The number of aromatic nitrogens is 1. The zero-order valence-corrected chi connectivity index (χ0v) is 32.4. The van der Waals surface area contributed by atoms with Gasteiger partial charge in [-0.1, -0.05) is 182 Å². The molecule has 0 amide bonds. The summed E-state index contributed by atoms with van der Waals surface area (Å²) in [7, 11) is 0. The second-order valence-electron chi connectivity index (χ2n) is 15.4. The molecule has 12 rings (SSSR count). The highest BCUT2D eigenvalue weighted by Crippen LogP contribution is 2.66. The van der Waals surface area contributed by atoms with Gasteiger partial charge in [0.2, 0.25) is 0 Å². The fourth-order valence-electron chi connectivity index (χ4n) is 9.67. The first-order valence-corrected chi connectivity index (χ1v) is 20.8. The highest BCUT2D eigenvalue weighted by atomic mass is 32.1. The Kier molecular flexibility index (Phi) is 7.38. The molecule has 8 aromatic carbocycles. The topological polar surface area (TPSA) is 12.9 Å². The molecule has 2 aliphatic rings. The summed E-state index contributed by atoms with van der Waals surface area (Å²) in [4.78, 5) is 6.67. The minimum absolute atomic E-state index is 0.379. The number of hydrogen-bond donors (Lipinski definition) is 0. The van der Waals surface area contributed by atoms with Gasteiger partial charge in [-0.05, 0) is 97.1 Å². The molecule has 0 saturated heterocycles. The standard InChI is InChI=1S/C56H35NS/c1-3-14-36(15-4-1)37-26-28-39(29-27-37)52-35-43(34-51(57-52)38-16-5-2-6-17-38)41-19-13-18-40(32-41)42-30-31-45-44-20-7-10-23-48(44)56(50(45)33-42)49-24-11-8-21-46(49)54-47-22-9-12-25-53(47)58-55(54)56/h1-35H. The molecule has 2 aromatic heterocycles. The summed E-state index contributed by atoms with van der Waals surface area (Å²) in [5.74, 6) is 0. The van der Waals surface area contributed by atoms with Gasteiger partial charge in [0.15, 0.2) is 0 Å². The van der Waals surface area contributed by atoms with Gasteiger partial charge in [0, 0.05) is 31.7 Å². The predicted molar refractivity (Wildman–Crippen MR) is 243 cm³/mol. The smallest absolute Gasteiger partial charge is 0.0819 e. The molecule has 0 fully saturated rings. The van der Waals surface area contributed by atoms with Gasteiger partial charge < -0.3 is 0 Å². The predicted octanol–water partition coefficient (Wildman–Crippen LogP) is 15.0. The average Bonchev–Trinajstić information content (AvgIpc) is 3.93. The molecule has 2 heterocycles. The van der Waals surface area contributed by atoms with Crippen LogP contribution < -0.4 is 0 Å². The monoisotopic (exact) mass is 753 g/mol. The minimum atomic E-state index is -0.379. The van der Waals surface area contributed by atoms with Crippen molar-refractivity contribution < 1.29 is 0 Å². The lowest BCUT2D eigenvalue weighted by atomic mass is 9.73. The molecular weight excluding hydrogens is 719 g/mol. The van der Waals surface area contributed by atoms with E-state index in [9.17, 15) is 0 Å². The highest BCUT2D eigenvalue weighted by Gasteiger charge is 2.53. The Labute approximate surface area is 342 Å². The van der Waals surface area contributed by atoms with Crippen LogP contribution in [0.1, 0.15) is 21.6 Å². The summed E-state index contributed by atoms with van der Waals surface area (Å²) in [5.41, 5.74) is 20.4. The van der Waals surface area contributed by atoms with Crippen LogP contribution in [0.25, 0.3) is 88.2 Å². The molecule has 0 bridgehead atoms. The Morgan fingerprint density at radius 1 is 0.328 bits per heavy atom. The van der Waals surface area contributed by atoms with E-state index in [2.05, 4.69) is 212 Å². The van der Waals surface area contributed by atoms with Crippen molar-refractivity contribution in [2.45, 2.75) is 5.41 Å². The van der Waals surface area contributed by atoms with Gasteiger partial charge >= 0.3 is 0 Å². The van der Waals surface area contributed by atoms with Crippen LogP contribution in [0.2, 0.25) is 0 Å². The maximum absolute atomic E-state index is 5.24. The zero-order valence-electron chi connectivity index (χ0n) is 31.6. The van der Waals surface area contributed by atoms with Gasteiger partial charge in [-0.15, -0.1) is 11.3 Å². The lowest BCUT2D eigenvalue weighted by molar-refractivity contribution is 0.812. The Balaban J connectivity index is 1.01. The van der Waals surface area contributed by atoms with E-state index in [0.717, 1.165) is 33.6 Å². The Hall–Kier alpha value is -7.13. The summed E-state index contributed by atoms with van der Waals surface area (Å²) in [5, 5.41) is 1.35. The molecule has 2 heteroatoms. The number of pyridine rings is 1. The summed E-state index contributed by atoms with van der Waals surface area (Å²) in [6.07, 6.45) is 0. The molecular formula is C56H35NS. The van der Waals surface area contributed by atoms with E-state index in [1.807, 2.05) is 11.3 Å². The van der Waals surface area contributed by atoms with Crippen molar-refractivity contribution in [1.82, 2.24) is 4.98 Å². The van der Waals surface area contributed by atoms with E-state index in [0.29, 0.717) is 0 Å². The molecule has 1 atom stereocenters. The number of fused-ring (bicyclic) bond motifs is 12. The third-order valence-corrected chi connectivity index (χ3v) is 13.6. The molecule has 58 heavy (non-hydrogen) atoms. The first-order valence-electron chi connectivity index (χ1n) is 19.9. The van der Waals surface area contributed by atoms with Crippen LogP contribution in [-0.4, -0.2) is 4.98 Å². The van der Waals surface area contributed by atoms with Crippen molar-refractivity contribution in [2.75, 3.05) is 0 Å². The lowest BCUT2D eigenvalue weighted by Crippen LogP contribution is -2.24. The van der Waals surface area contributed by atoms with Crippen molar-refractivity contribution in [2.24, 2.45) is 0 Å². The van der Waals surface area contributed by atoms with Crippen molar-refractivity contribution >= 4 is 21.4 Å². The largest absolute Gasteiger partial charge is 0.248 e. The van der Waals surface area contributed by atoms with E-state index in [1.165, 1.54) is 76.2 Å². The number of thiophene rings is 1. The minimum Gasteiger partial charge on any atom is -0.248 e. The SMILES string of the molecule is c1ccc(-c2ccc(-c3cc(-c4cccc(-c5ccc6c(c5)C5(c7ccccc7-6)c6ccccc6-c6c5sc5ccccc65)c4)cc(-c4ccccc4)n3)cc2)cc1. The van der Waals surface area contributed by atoms with E-state index < -0.39 is 0 Å². The number of hydrogen-bond acceptors (Lipinski definition) is 2. The lowest BCUT2D eigenvalue weighted by Gasteiger charge is -2.29. The number of benzene rings is 8. The van der Waals surface area contributed by atoms with Crippen LogP contribution in [-0.2, 0) is 5.41 Å². The normalized spacial score (nSPS) is 14.6. The highest BCUT2D eigenvalue weighted by molar-refractivity contribution is 7.20. The number of nitrogens with zero attached hydrogens (tertiary/aromatic N) is 1. The average molecular weight is 754 g/mol. The molecule has 0 radical (unpaired) electrons. The quantitative estimate of drug-likeness (QED) is 0.171. The number of rotatable bonds is 5. The van der Waals surface area contributed by atoms with Crippen LogP contribution in [0.4, 0.5) is 0 Å². The third kappa shape index (κ3) is 4.92. The molecule has 2 aliphatic carbocycles. The van der Waals surface area contributed by atoms with Crippen LogP contribution in [0.3, 0.4) is 0 Å². The fourth-order valence-corrected chi connectivity index (χ4v) is 11.1. The fraction of sp³-hybridized carbons (Fsp3) is 0.0179. The van der Waals surface area contributed by atoms with E-state index >= 15 is 0 Å². The van der Waals surface area contributed by atoms with Gasteiger partial charge in [0.25, 0.3) is 0 Å². The van der Waals surface area contributed by atoms with Crippen LogP contribution in [0.5, 0.6) is 0 Å². The van der Waals surface area contributed by atoms with Crippen molar-refractivity contribution in [3.8, 4) is 78.1 Å². The van der Waals surface area contributed by atoms with Crippen LogP contribution in [0.15, 0.2) is 212 Å². The van der Waals surface area contributed by atoms with Gasteiger partial charge in [0.1, 0.15) is 0 Å². The first kappa shape index (κ1) is 33.1. The van der Waals surface area contributed by atoms with Crippen LogP contribution >= 0.6 is 11.3 Å². The van der Waals surface area contributed by atoms with Crippen LogP contribution in [0, 0.1) is 0 Å². The van der Waals surface area contributed by atoms with Crippen molar-refractivity contribution in [3.05, 3.63) is 234 Å². The second kappa shape index (κ2) is 13.0. The summed E-state index contributed by atoms with van der Waals surface area (Å²) < 4.78 is 1.34. The molecule has 10 aromatic rings. The van der Waals surface area contributed by atoms with Gasteiger partial charge in [0.05, 0.1) is 16.8 Å². The molecule has 1 unspecified atom stereocenters.